The predicted molar refractivity (Wildman–Crippen MR) is 135 cm³/mol. The van der Waals surface area contributed by atoms with Crippen molar-refractivity contribution < 1.29 is 14.7 Å². The van der Waals surface area contributed by atoms with Gasteiger partial charge in [-0.05, 0) is 110 Å². The number of nitrogens with two attached hydrogens (primary N) is 1. The average Bonchev–Trinajstić information content (AvgIpc) is 2.73. The Balaban J connectivity index is 1.62. The maximum atomic E-state index is 14.2. The largest absolute Gasteiger partial charge is 0.481 e. The number of hydrogen-bond acceptors (Lipinski definition) is 3. The van der Waals surface area contributed by atoms with Gasteiger partial charge in [-0.1, -0.05) is 47.1 Å². The third-order valence-corrected chi connectivity index (χ3v) is 13.2. The van der Waals surface area contributed by atoms with Gasteiger partial charge in [-0.25, -0.2) is 0 Å². The second-order valence-electron chi connectivity index (χ2n) is 15.0. The van der Waals surface area contributed by atoms with Crippen LogP contribution >= 0.6 is 0 Å². The van der Waals surface area contributed by atoms with Gasteiger partial charge >= 0.3 is 5.97 Å². The SMILES string of the molecule is CC1(C)C2CC[C@]3(C)[C@H](C(=O)C=C4[C@@H]5C[C@@](C)(C(=O)O)CC[C@]5(C)CC[C@]43C)[C@@]2(C)CC[C@H]1N. The van der Waals surface area contributed by atoms with Gasteiger partial charge in [0.05, 0.1) is 5.41 Å². The van der Waals surface area contributed by atoms with E-state index in [2.05, 4.69) is 47.6 Å². The van der Waals surface area contributed by atoms with E-state index in [0.717, 1.165) is 51.4 Å². The van der Waals surface area contributed by atoms with Crippen molar-refractivity contribution in [3.05, 3.63) is 11.6 Å². The number of allylic oxidation sites excluding steroid dienone is 2. The molecule has 0 aromatic carbocycles. The molecule has 0 radical (unpaired) electrons. The Morgan fingerprint density at radius 3 is 2.24 bits per heavy atom. The molecule has 0 amide bonds. The lowest BCUT2D eigenvalue weighted by Crippen LogP contribution is -2.67. The molecular weight excluding hydrogens is 422 g/mol. The first-order valence-electron chi connectivity index (χ1n) is 13.8. The smallest absolute Gasteiger partial charge is 0.309 e. The van der Waals surface area contributed by atoms with E-state index in [0.29, 0.717) is 18.1 Å². The minimum atomic E-state index is -0.697. The lowest BCUT2D eigenvalue weighted by Gasteiger charge is -2.70. The quantitative estimate of drug-likeness (QED) is 0.467. The van der Waals surface area contributed by atoms with E-state index in [9.17, 15) is 14.7 Å². The molecule has 9 atom stereocenters. The highest BCUT2D eigenvalue weighted by Gasteiger charge is 2.70. The Morgan fingerprint density at radius 2 is 1.59 bits per heavy atom. The monoisotopic (exact) mass is 469 g/mol. The molecule has 0 saturated heterocycles. The lowest BCUT2D eigenvalue weighted by molar-refractivity contribution is -0.188. The van der Waals surface area contributed by atoms with Gasteiger partial charge in [0, 0.05) is 12.0 Å². The summed E-state index contributed by atoms with van der Waals surface area (Å²) in [5.74, 6) is 0.313. The number of carbonyl (C=O) groups excluding carboxylic acids is 1. The number of carboxylic acid groups (broad SMARTS) is 1. The Labute approximate surface area is 206 Å². The minimum absolute atomic E-state index is 0.0260. The summed E-state index contributed by atoms with van der Waals surface area (Å²) in [6.07, 6.45) is 10.9. The van der Waals surface area contributed by atoms with Crippen LogP contribution in [0.5, 0.6) is 0 Å². The molecule has 5 aliphatic rings. The van der Waals surface area contributed by atoms with Crippen molar-refractivity contribution >= 4 is 11.8 Å². The fourth-order valence-electron chi connectivity index (χ4n) is 10.4. The Bertz CT molecular complexity index is 968. The molecule has 0 aliphatic heterocycles. The molecule has 190 valence electrons. The van der Waals surface area contributed by atoms with Gasteiger partial charge in [-0.2, -0.15) is 0 Å². The van der Waals surface area contributed by atoms with Crippen molar-refractivity contribution in [2.45, 2.75) is 112 Å². The van der Waals surface area contributed by atoms with Crippen LogP contribution in [0.2, 0.25) is 0 Å². The summed E-state index contributed by atoms with van der Waals surface area (Å²) in [4.78, 5) is 26.5. The fraction of sp³-hybridized carbons (Fsp3) is 0.867. The molecule has 4 saturated carbocycles. The molecule has 4 heteroatoms. The maximum absolute atomic E-state index is 14.2. The van der Waals surface area contributed by atoms with Crippen LogP contribution in [0.15, 0.2) is 11.6 Å². The van der Waals surface area contributed by atoms with E-state index in [1.165, 1.54) is 5.57 Å². The van der Waals surface area contributed by atoms with Crippen LogP contribution in [0.25, 0.3) is 0 Å². The van der Waals surface area contributed by atoms with Crippen molar-refractivity contribution in [2.24, 2.45) is 56.0 Å². The number of aliphatic carboxylic acids is 1. The summed E-state index contributed by atoms with van der Waals surface area (Å²) in [6, 6.07) is 0.196. The van der Waals surface area contributed by atoms with E-state index in [1.54, 1.807) is 0 Å². The molecule has 0 heterocycles. The zero-order valence-corrected chi connectivity index (χ0v) is 22.6. The van der Waals surface area contributed by atoms with Crippen LogP contribution in [0.1, 0.15) is 106 Å². The van der Waals surface area contributed by atoms with Gasteiger partial charge in [0.25, 0.3) is 0 Å². The van der Waals surface area contributed by atoms with Crippen LogP contribution in [0, 0.1) is 50.2 Å². The van der Waals surface area contributed by atoms with Crippen LogP contribution in [-0.2, 0) is 9.59 Å². The average molecular weight is 470 g/mol. The third-order valence-electron chi connectivity index (χ3n) is 13.2. The second kappa shape index (κ2) is 6.99. The molecule has 3 N–H and O–H groups in total. The van der Waals surface area contributed by atoms with Crippen LogP contribution in [0.3, 0.4) is 0 Å². The maximum Gasteiger partial charge on any atom is 0.309 e. The van der Waals surface area contributed by atoms with Crippen molar-refractivity contribution in [1.82, 2.24) is 0 Å². The summed E-state index contributed by atoms with van der Waals surface area (Å²) in [7, 11) is 0. The molecule has 4 fully saturated rings. The topological polar surface area (TPSA) is 80.4 Å². The fourth-order valence-corrected chi connectivity index (χ4v) is 10.4. The molecule has 5 aliphatic carbocycles. The zero-order valence-electron chi connectivity index (χ0n) is 22.6. The first-order valence-corrected chi connectivity index (χ1v) is 13.8. The number of rotatable bonds is 1. The van der Waals surface area contributed by atoms with Crippen molar-refractivity contribution in [1.29, 1.82) is 0 Å². The first-order chi connectivity index (χ1) is 15.6. The summed E-state index contributed by atoms with van der Waals surface area (Å²) in [6.45, 7) is 16.2. The van der Waals surface area contributed by atoms with Crippen LogP contribution in [-0.4, -0.2) is 22.9 Å². The van der Waals surface area contributed by atoms with Crippen molar-refractivity contribution in [3.63, 3.8) is 0 Å². The summed E-state index contributed by atoms with van der Waals surface area (Å²) in [5.41, 5.74) is 7.21. The van der Waals surface area contributed by atoms with E-state index in [-0.39, 0.29) is 45.0 Å². The van der Waals surface area contributed by atoms with Crippen LogP contribution in [0.4, 0.5) is 0 Å². The molecule has 4 nitrogen and oxygen atoms in total. The van der Waals surface area contributed by atoms with Gasteiger partial charge in [0.2, 0.25) is 0 Å². The van der Waals surface area contributed by atoms with Gasteiger partial charge in [0.15, 0.2) is 5.78 Å². The Hall–Kier alpha value is -1.16. The Kier molecular flexibility index (Phi) is 5.04. The number of hydrogen-bond donors (Lipinski definition) is 2. The Morgan fingerprint density at radius 1 is 0.941 bits per heavy atom. The molecule has 5 rings (SSSR count). The molecule has 0 aromatic rings. The predicted octanol–water partition coefficient (Wildman–Crippen LogP) is 6.38. The molecular formula is C30H47NO3. The van der Waals surface area contributed by atoms with Gasteiger partial charge in [-0.3, -0.25) is 9.59 Å². The highest BCUT2D eigenvalue weighted by molar-refractivity contribution is 5.95. The number of ketones is 1. The summed E-state index contributed by atoms with van der Waals surface area (Å²) >= 11 is 0. The third kappa shape index (κ3) is 2.81. The first kappa shape index (κ1) is 24.5. The van der Waals surface area contributed by atoms with E-state index in [1.807, 2.05) is 6.92 Å². The molecule has 0 aromatic heterocycles. The highest BCUT2D eigenvalue weighted by Crippen LogP contribution is 2.75. The summed E-state index contributed by atoms with van der Waals surface area (Å²) < 4.78 is 0. The van der Waals surface area contributed by atoms with Gasteiger partial charge < -0.3 is 10.8 Å². The standard InChI is InChI=1S/C30H47NO3/c1-25(2)21-8-11-30(7)23(28(21,5)10-9-22(25)31)20(32)16-18-19-17-27(4,24(33)34)13-12-26(19,3)14-15-29(18,30)6/h16,19,21-23H,8-15,17,31H2,1-7H3,(H,33,34)/t19-,21?,22+,23+,26+,27-,28-,29+,30+/m0/s1. The van der Waals surface area contributed by atoms with Gasteiger partial charge in [0.1, 0.15) is 0 Å². The molecule has 0 bridgehead atoms. The van der Waals surface area contributed by atoms with E-state index in [4.69, 9.17) is 5.73 Å². The van der Waals surface area contributed by atoms with Crippen molar-refractivity contribution in [2.75, 3.05) is 0 Å². The van der Waals surface area contributed by atoms with Crippen LogP contribution < -0.4 is 5.73 Å². The van der Waals surface area contributed by atoms with E-state index >= 15 is 0 Å². The van der Waals surface area contributed by atoms with E-state index < -0.39 is 11.4 Å². The lowest BCUT2D eigenvalue weighted by atomic mass is 9.33. The molecule has 0 spiro atoms. The van der Waals surface area contributed by atoms with Crippen molar-refractivity contribution in [3.8, 4) is 0 Å². The number of fused-ring (bicyclic) bond motifs is 7. The summed E-state index contributed by atoms with van der Waals surface area (Å²) in [5, 5.41) is 10.1. The zero-order chi connectivity index (χ0) is 25.1. The highest BCUT2D eigenvalue weighted by atomic mass is 16.4. The van der Waals surface area contributed by atoms with Gasteiger partial charge in [-0.15, -0.1) is 0 Å². The number of carboxylic acids is 1. The minimum Gasteiger partial charge on any atom is -0.481 e. The molecule has 34 heavy (non-hydrogen) atoms. The second-order valence-corrected chi connectivity index (χ2v) is 15.0. The number of carbonyl (C=O) groups is 2. The normalized spacial score (nSPS) is 54.1. The molecule has 1 unspecified atom stereocenters.